The number of carbonyl (C=O) groups excluding carboxylic acids is 1. The fraction of sp³-hybridized carbons (Fsp3) is 0.238. The maximum absolute atomic E-state index is 12.8. The second-order valence-corrected chi connectivity index (χ2v) is 6.29. The highest BCUT2D eigenvalue weighted by atomic mass is 16.2. The van der Waals surface area contributed by atoms with E-state index in [1.165, 1.54) is 0 Å². The van der Waals surface area contributed by atoms with Crippen LogP contribution in [0.15, 0.2) is 60.7 Å². The van der Waals surface area contributed by atoms with E-state index in [1.54, 1.807) is 18.2 Å². The normalized spacial score (nSPS) is 18.2. The Labute approximate surface area is 148 Å². The van der Waals surface area contributed by atoms with E-state index in [0.717, 1.165) is 24.2 Å². The van der Waals surface area contributed by atoms with Gasteiger partial charge in [-0.3, -0.25) is 4.79 Å². The highest BCUT2D eigenvalue weighted by molar-refractivity contribution is 5.92. The van der Waals surface area contributed by atoms with Crippen molar-refractivity contribution < 1.29 is 4.79 Å². The minimum absolute atomic E-state index is 0.0197. The molecule has 1 saturated heterocycles. The van der Waals surface area contributed by atoms with E-state index < -0.39 is 0 Å². The predicted molar refractivity (Wildman–Crippen MR) is 98.6 cm³/mol. The molecule has 0 saturated carbocycles. The van der Waals surface area contributed by atoms with E-state index >= 15 is 0 Å². The molecule has 3 rings (SSSR count). The molecular weight excluding hydrogens is 310 g/mol. The van der Waals surface area contributed by atoms with Gasteiger partial charge in [-0.1, -0.05) is 42.5 Å². The highest BCUT2D eigenvalue weighted by Crippen LogP contribution is 2.25. The van der Waals surface area contributed by atoms with Crippen molar-refractivity contribution in [3.63, 3.8) is 0 Å². The van der Waals surface area contributed by atoms with Crippen molar-refractivity contribution in [3.8, 4) is 6.07 Å². The molecule has 0 spiro atoms. The van der Waals surface area contributed by atoms with Crippen LogP contribution >= 0.6 is 0 Å². The number of rotatable bonds is 3. The molecule has 1 fully saturated rings. The highest BCUT2D eigenvalue weighted by Gasteiger charge is 2.28. The zero-order valence-electron chi connectivity index (χ0n) is 14.3. The number of piperazine rings is 1. The zero-order valence-corrected chi connectivity index (χ0v) is 14.3. The monoisotopic (exact) mass is 331 g/mol. The first-order valence-corrected chi connectivity index (χ1v) is 8.40. The fourth-order valence-electron chi connectivity index (χ4n) is 3.08. The third-order valence-corrected chi connectivity index (χ3v) is 4.51. The minimum atomic E-state index is 0.0197. The first-order chi connectivity index (χ1) is 12.2. The summed E-state index contributed by atoms with van der Waals surface area (Å²) in [5.74, 6) is 0.0197. The maximum Gasteiger partial charge on any atom is 0.247 e. The van der Waals surface area contributed by atoms with Gasteiger partial charge in [0, 0.05) is 25.7 Å². The lowest BCUT2D eigenvalue weighted by Crippen LogP contribution is -2.48. The van der Waals surface area contributed by atoms with Crippen LogP contribution in [0.4, 0.5) is 0 Å². The van der Waals surface area contributed by atoms with Crippen molar-refractivity contribution in [1.29, 1.82) is 5.26 Å². The molecular formula is C21H21N3O. The fourth-order valence-corrected chi connectivity index (χ4v) is 3.08. The molecule has 4 heteroatoms. The van der Waals surface area contributed by atoms with Gasteiger partial charge in [0.1, 0.15) is 0 Å². The van der Waals surface area contributed by atoms with Gasteiger partial charge in [-0.25, -0.2) is 0 Å². The first kappa shape index (κ1) is 16.9. The second-order valence-electron chi connectivity index (χ2n) is 6.29. The molecule has 0 N–H and O–H groups in total. The van der Waals surface area contributed by atoms with Crippen LogP contribution in [0, 0.1) is 11.3 Å². The van der Waals surface area contributed by atoms with E-state index in [9.17, 15) is 4.79 Å². The van der Waals surface area contributed by atoms with Crippen LogP contribution in [-0.4, -0.2) is 42.4 Å². The Kier molecular flexibility index (Phi) is 5.27. The maximum atomic E-state index is 12.8. The van der Waals surface area contributed by atoms with Gasteiger partial charge in [0.2, 0.25) is 5.91 Å². The molecule has 1 aliphatic heterocycles. The Morgan fingerprint density at radius 2 is 1.84 bits per heavy atom. The van der Waals surface area contributed by atoms with Crippen molar-refractivity contribution >= 4 is 12.0 Å². The van der Waals surface area contributed by atoms with Crippen LogP contribution in [0.5, 0.6) is 0 Å². The number of likely N-dealkylation sites (N-methyl/N-ethyl adjacent to an activating group) is 1. The molecule has 1 atom stereocenters. The summed E-state index contributed by atoms with van der Waals surface area (Å²) in [6, 6.07) is 19.5. The van der Waals surface area contributed by atoms with Gasteiger partial charge in [-0.2, -0.15) is 5.26 Å². The second kappa shape index (κ2) is 7.78. The van der Waals surface area contributed by atoms with Crippen LogP contribution < -0.4 is 0 Å². The van der Waals surface area contributed by atoms with Gasteiger partial charge in [0.15, 0.2) is 0 Å². The van der Waals surface area contributed by atoms with Crippen LogP contribution in [-0.2, 0) is 4.79 Å². The van der Waals surface area contributed by atoms with Gasteiger partial charge in [0.05, 0.1) is 17.7 Å². The van der Waals surface area contributed by atoms with Crippen molar-refractivity contribution in [2.24, 2.45) is 0 Å². The summed E-state index contributed by atoms with van der Waals surface area (Å²) in [7, 11) is 2.09. The lowest BCUT2D eigenvalue weighted by Gasteiger charge is -2.39. The molecule has 0 aromatic heterocycles. The van der Waals surface area contributed by atoms with Crippen molar-refractivity contribution in [1.82, 2.24) is 9.80 Å². The lowest BCUT2D eigenvalue weighted by molar-refractivity contribution is -0.130. The van der Waals surface area contributed by atoms with Gasteiger partial charge in [0.25, 0.3) is 0 Å². The van der Waals surface area contributed by atoms with Crippen LogP contribution in [0.2, 0.25) is 0 Å². The van der Waals surface area contributed by atoms with Crippen molar-refractivity contribution in [3.05, 3.63) is 77.4 Å². The third kappa shape index (κ3) is 4.14. The number of nitrogens with zero attached hydrogens (tertiary/aromatic N) is 3. The summed E-state index contributed by atoms with van der Waals surface area (Å²) in [5.41, 5.74) is 2.69. The number of nitriles is 1. The molecule has 25 heavy (non-hydrogen) atoms. The van der Waals surface area contributed by atoms with E-state index in [-0.39, 0.29) is 11.9 Å². The summed E-state index contributed by atoms with van der Waals surface area (Å²) in [6.45, 7) is 2.42. The average molecular weight is 331 g/mol. The van der Waals surface area contributed by atoms with Crippen LogP contribution in [0.3, 0.4) is 0 Å². The van der Waals surface area contributed by atoms with Crippen LogP contribution in [0.25, 0.3) is 6.08 Å². The topological polar surface area (TPSA) is 47.3 Å². The molecule has 126 valence electrons. The van der Waals surface area contributed by atoms with Gasteiger partial charge in [-0.15, -0.1) is 0 Å². The third-order valence-electron chi connectivity index (χ3n) is 4.51. The van der Waals surface area contributed by atoms with Gasteiger partial charge < -0.3 is 9.80 Å². The number of benzene rings is 2. The minimum Gasteiger partial charge on any atom is -0.330 e. The molecule has 0 unspecified atom stereocenters. The molecule has 4 nitrogen and oxygen atoms in total. The summed E-state index contributed by atoms with van der Waals surface area (Å²) in [4.78, 5) is 16.9. The van der Waals surface area contributed by atoms with E-state index in [1.807, 2.05) is 41.3 Å². The van der Waals surface area contributed by atoms with Crippen molar-refractivity contribution in [2.75, 3.05) is 26.7 Å². The number of hydrogen-bond donors (Lipinski definition) is 0. The molecule has 1 amide bonds. The largest absolute Gasteiger partial charge is 0.330 e. The summed E-state index contributed by atoms with van der Waals surface area (Å²) >= 11 is 0. The SMILES string of the molecule is CN1CCN(C(=O)/C=C/c2ccc(C#N)cc2)[C@H](c2ccccc2)C1. The molecule has 2 aromatic carbocycles. The van der Waals surface area contributed by atoms with E-state index in [2.05, 4.69) is 30.1 Å². The molecule has 0 radical (unpaired) electrons. The Morgan fingerprint density at radius 3 is 2.52 bits per heavy atom. The first-order valence-electron chi connectivity index (χ1n) is 8.40. The Hall–Kier alpha value is -2.90. The molecule has 2 aromatic rings. The predicted octanol–water partition coefficient (Wildman–Crippen LogP) is 3.09. The summed E-state index contributed by atoms with van der Waals surface area (Å²) < 4.78 is 0. The van der Waals surface area contributed by atoms with Crippen LogP contribution in [0.1, 0.15) is 22.7 Å². The van der Waals surface area contributed by atoms with E-state index in [0.29, 0.717) is 12.1 Å². The van der Waals surface area contributed by atoms with E-state index in [4.69, 9.17) is 5.26 Å². The van der Waals surface area contributed by atoms with Crippen molar-refractivity contribution in [2.45, 2.75) is 6.04 Å². The summed E-state index contributed by atoms with van der Waals surface area (Å²) in [6.07, 6.45) is 3.44. The molecule has 1 heterocycles. The Morgan fingerprint density at radius 1 is 1.12 bits per heavy atom. The number of hydrogen-bond acceptors (Lipinski definition) is 3. The Balaban J connectivity index is 1.76. The van der Waals surface area contributed by atoms with Gasteiger partial charge in [-0.05, 0) is 36.4 Å². The smallest absolute Gasteiger partial charge is 0.247 e. The zero-order chi connectivity index (χ0) is 17.6. The molecule has 0 bridgehead atoms. The van der Waals surface area contributed by atoms with Gasteiger partial charge >= 0.3 is 0 Å². The standard InChI is InChI=1S/C21H21N3O/c1-23-13-14-24(20(16-23)19-5-3-2-4-6-19)21(25)12-11-17-7-9-18(15-22)10-8-17/h2-12,20H,13-14,16H2,1H3/b12-11+/t20-/m0/s1. The molecule has 0 aliphatic carbocycles. The quantitative estimate of drug-likeness (QED) is 0.812. The summed E-state index contributed by atoms with van der Waals surface area (Å²) in [5, 5.41) is 8.84. The average Bonchev–Trinajstić information content (AvgIpc) is 2.67. The number of carbonyl (C=O) groups is 1. The molecule has 1 aliphatic rings. The lowest BCUT2D eigenvalue weighted by atomic mass is 10.0. The number of amides is 1. The Bertz CT molecular complexity index is 790.